The second-order valence-electron chi connectivity index (χ2n) is 5.73. The van der Waals surface area contributed by atoms with Gasteiger partial charge in [-0.2, -0.15) is 9.40 Å². The summed E-state index contributed by atoms with van der Waals surface area (Å²) in [6.45, 7) is 8.09. The van der Waals surface area contributed by atoms with E-state index in [4.69, 9.17) is 5.11 Å². The Bertz CT molecular complexity index is 517. The molecule has 1 rings (SSSR count). The molecule has 0 fully saturated rings. The van der Waals surface area contributed by atoms with Crippen LogP contribution in [0, 0.1) is 5.41 Å². The topological polar surface area (TPSA) is 75.4 Å². The van der Waals surface area contributed by atoms with E-state index in [1.807, 2.05) is 27.7 Å². The third-order valence-electron chi connectivity index (χ3n) is 3.41. The minimum absolute atomic E-state index is 0.0740. The fourth-order valence-corrected chi connectivity index (χ4v) is 3.12. The fourth-order valence-electron chi connectivity index (χ4n) is 1.62. The molecule has 0 spiro atoms. The highest BCUT2D eigenvalue weighted by atomic mass is 32.2. The lowest BCUT2D eigenvalue weighted by Gasteiger charge is -2.34. The first-order valence-corrected chi connectivity index (χ1v) is 7.66. The molecule has 110 valence electrons. The van der Waals surface area contributed by atoms with Gasteiger partial charge >= 0.3 is 0 Å². The molecule has 1 atom stereocenters. The maximum atomic E-state index is 12.4. The van der Waals surface area contributed by atoms with Crippen LogP contribution < -0.4 is 0 Å². The van der Waals surface area contributed by atoms with Crippen molar-refractivity contribution in [3.05, 3.63) is 12.4 Å². The predicted molar refractivity (Wildman–Crippen MR) is 73.2 cm³/mol. The van der Waals surface area contributed by atoms with Crippen LogP contribution in [0.1, 0.15) is 27.7 Å². The maximum absolute atomic E-state index is 12.4. The van der Waals surface area contributed by atoms with E-state index in [0.717, 1.165) is 0 Å². The zero-order valence-electron chi connectivity index (χ0n) is 12.2. The van der Waals surface area contributed by atoms with E-state index in [-0.39, 0.29) is 29.5 Å². The molecule has 0 saturated carbocycles. The third kappa shape index (κ3) is 3.55. The Balaban J connectivity index is 3.02. The highest BCUT2D eigenvalue weighted by Gasteiger charge is 2.33. The normalized spacial score (nSPS) is 14.9. The van der Waals surface area contributed by atoms with Gasteiger partial charge in [0.25, 0.3) is 0 Å². The van der Waals surface area contributed by atoms with Crippen LogP contribution in [-0.4, -0.2) is 47.3 Å². The molecule has 0 aliphatic carbocycles. The third-order valence-corrected chi connectivity index (χ3v) is 5.30. The highest BCUT2D eigenvalue weighted by Crippen LogP contribution is 2.27. The van der Waals surface area contributed by atoms with E-state index in [0.29, 0.717) is 0 Å². The first-order valence-electron chi connectivity index (χ1n) is 6.22. The van der Waals surface area contributed by atoms with E-state index in [1.165, 1.54) is 21.4 Å². The van der Waals surface area contributed by atoms with Crippen LogP contribution in [0.3, 0.4) is 0 Å². The predicted octanol–water partition coefficient (Wildman–Crippen LogP) is 0.930. The molecular weight excluding hydrogens is 266 g/mol. The molecular formula is C12H23N3O3S. The van der Waals surface area contributed by atoms with Gasteiger partial charge in [-0.3, -0.25) is 4.68 Å². The number of aliphatic hydroxyl groups excluding tert-OH is 1. The van der Waals surface area contributed by atoms with Gasteiger partial charge in [-0.25, -0.2) is 8.42 Å². The number of hydrogen-bond donors (Lipinski definition) is 1. The van der Waals surface area contributed by atoms with Gasteiger partial charge in [0.15, 0.2) is 0 Å². The summed E-state index contributed by atoms with van der Waals surface area (Å²) in [5, 5.41) is 12.7. The van der Waals surface area contributed by atoms with Crippen molar-refractivity contribution in [1.82, 2.24) is 14.1 Å². The van der Waals surface area contributed by atoms with Gasteiger partial charge < -0.3 is 5.11 Å². The lowest BCUT2D eigenvalue weighted by molar-refractivity contribution is 0.216. The van der Waals surface area contributed by atoms with Crippen molar-refractivity contribution in [2.75, 3.05) is 13.7 Å². The van der Waals surface area contributed by atoms with Crippen LogP contribution in [0.2, 0.25) is 0 Å². The molecule has 6 nitrogen and oxygen atoms in total. The average Bonchev–Trinajstić information content (AvgIpc) is 2.75. The number of rotatable bonds is 5. The Kier molecular flexibility index (Phi) is 4.76. The molecule has 0 bridgehead atoms. The quantitative estimate of drug-likeness (QED) is 0.875. The molecule has 19 heavy (non-hydrogen) atoms. The van der Waals surface area contributed by atoms with Crippen LogP contribution in [0.25, 0.3) is 0 Å². The Morgan fingerprint density at radius 2 is 2.05 bits per heavy atom. The van der Waals surface area contributed by atoms with Crippen molar-refractivity contribution in [2.24, 2.45) is 5.41 Å². The molecule has 0 aliphatic heterocycles. The van der Waals surface area contributed by atoms with Gasteiger partial charge in [-0.05, 0) is 12.3 Å². The Hall–Kier alpha value is -0.920. The summed E-state index contributed by atoms with van der Waals surface area (Å²) in [6, 6.07) is -0.140. The van der Waals surface area contributed by atoms with Gasteiger partial charge in [0.05, 0.1) is 19.3 Å². The minimum Gasteiger partial charge on any atom is -0.394 e. The van der Waals surface area contributed by atoms with Crippen LogP contribution in [0.15, 0.2) is 17.3 Å². The lowest BCUT2D eigenvalue weighted by atomic mass is 9.88. The number of sulfonamides is 1. The first kappa shape index (κ1) is 16.1. The molecule has 0 amide bonds. The highest BCUT2D eigenvalue weighted by molar-refractivity contribution is 7.89. The van der Waals surface area contributed by atoms with Crippen molar-refractivity contribution < 1.29 is 13.5 Å². The molecule has 1 heterocycles. The number of aromatic nitrogens is 2. The number of hydrogen-bond acceptors (Lipinski definition) is 4. The Morgan fingerprint density at radius 3 is 2.53 bits per heavy atom. The summed E-state index contributed by atoms with van der Waals surface area (Å²) in [7, 11) is -1.97. The number of nitrogens with zero attached hydrogens (tertiary/aromatic N) is 3. The Labute approximate surface area is 115 Å². The second kappa shape index (κ2) is 5.60. The van der Waals surface area contributed by atoms with Crippen molar-refractivity contribution in [3.8, 4) is 0 Å². The first-order chi connectivity index (χ1) is 8.60. The van der Waals surface area contributed by atoms with Crippen molar-refractivity contribution in [2.45, 2.75) is 45.2 Å². The van der Waals surface area contributed by atoms with Gasteiger partial charge in [0.1, 0.15) is 4.90 Å². The van der Waals surface area contributed by atoms with Crippen LogP contribution in [0.5, 0.6) is 0 Å². The summed E-state index contributed by atoms with van der Waals surface area (Å²) < 4.78 is 27.7. The second-order valence-corrected chi connectivity index (χ2v) is 7.72. The molecule has 0 aromatic carbocycles. The minimum atomic E-state index is -3.55. The molecule has 1 aromatic heterocycles. The summed E-state index contributed by atoms with van der Waals surface area (Å²) in [5.74, 6) is 0. The van der Waals surface area contributed by atoms with Gasteiger partial charge in [-0.1, -0.05) is 20.8 Å². The summed E-state index contributed by atoms with van der Waals surface area (Å²) >= 11 is 0. The molecule has 0 radical (unpaired) electrons. The van der Waals surface area contributed by atoms with Crippen LogP contribution >= 0.6 is 0 Å². The zero-order valence-corrected chi connectivity index (χ0v) is 13.0. The van der Waals surface area contributed by atoms with E-state index in [2.05, 4.69) is 5.10 Å². The van der Waals surface area contributed by atoms with Crippen molar-refractivity contribution in [1.29, 1.82) is 0 Å². The summed E-state index contributed by atoms with van der Waals surface area (Å²) in [4.78, 5) is 0.152. The Morgan fingerprint density at radius 1 is 1.47 bits per heavy atom. The van der Waals surface area contributed by atoms with Gasteiger partial charge in [-0.15, -0.1) is 0 Å². The van der Waals surface area contributed by atoms with E-state index < -0.39 is 10.0 Å². The lowest BCUT2D eigenvalue weighted by Crippen LogP contribution is -2.42. The molecule has 0 aliphatic rings. The summed E-state index contributed by atoms with van der Waals surface area (Å²) in [6.07, 6.45) is 2.76. The molecule has 7 heteroatoms. The van der Waals surface area contributed by atoms with Gasteiger partial charge in [0, 0.05) is 19.3 Å². The van der Waals surface area contributed by atoms with E-state index in [1.54, 1.807) is 7.05 Å². The largest absolute Gasteiger partial charge is 0.394 e. The zero-order chi connectivity index (χ0) is 14.8. The van der Waals surface area contributed by atoms with Gasteiger partial charge in [0.2, 0.25) is 10.0 Å². The van der Waals surface area contributed by atoms with Crippen LogP contribution in [0.4, 0.5) is 0 Å². The standard InChI is InChI=1S/C12H23N3O3S/c1-10(12(2,3)4)14(5)19(17,18)11-8-13-15(9-11)6-7-16/h8-10,16H,6-7H2,1-5H3. The monoisotopic (exact) mass is 289 g/mol. The molecule has 1 unspecified atom stereocenters. The molecule has 1 aromatic rings. The van der Waals surface area contributed by atoms with Crippen molar-refractivity contribution >= 4 is 10.0 Å². The van der Waals surface area contributed by atoms with Crippen molar-refractivity contribution in [3.63, 3.8) is 0 Å². The number of aliphatic hydroxyl groups is 1. The van der Waals surface area contributed by atoms with Crippen LogP contribution in [-0.2, 0) is 16.6 Å². The molecule has 0 saturated heterocycles. The average molecular weight is 289 g/mol. The fraction of sp³-hybridized carbons (Fsp3) is 0.750. The van der Waals surface area contributed by atoms with E-state index in [9.17, 15) is 8.42 Å². The molecule has 1 N–H and O–H groups in total. The maximum Gasteiger partial charge on any atom is 0.246 e. The SMILES string of the molecule is CC(N(C)S(=O)(=O)c1cnn(CCO)c1)C(C)(C)C. The smallest absolute Gasteiger partial charge is 0.246 e. The van der Waals surface area contributed by atoms with E-state index >= 15 is 0 Å². The summed E-state index contributed by atoms with van der Waals surface area (Å²) in [5.41, 5.74) is -0.150.